The van der Waals surface area contributed by atoms with Crippen LogP contribution in [-0.2, 0) is 19.5 Å². The van der Waals surface area contributed by atoms with Crippen molar-refractivity contribution in [2.24, 2.45) is 0 Å². The van der Waals surface area contributed by atoms with Gasteiger partial charge < -0.3 is 0 Å². The third kappa shape index (κ3) is 4.07. The van der Waals surface area contributed by atoms with Gasteiger partial charge in [-0.2, -0.15) is 5.26 Å². The highest BCUT2D eigenvalue weighted by Gasteiger charge is 2.17. The van der Waals surface area contributed by atoms with Crippen molar-refractivity contribution >= 4 is 21.7 Å². The highest BCUT2D eigenvalue weighted by molar-refractivity contribution is 7.18. The number of hydrogen-bond acceptors (Lipinski definition) is 3. The molecule has 4 nitrogen and oxygen atoms in total. The molecule has 2 heterocycles. The highest BCUT2D eigenvalue weighted by Crippen LogP contribution is 2.28. The Balaban J connectivity index is 1.51. The zero-order valence-corrected chi connectivity index (χ0v) is 19.5. The van der Waals surface area contributed by atoms with E-state index >= 15 is 0 Å². The first-order valence-electron chi connectivity index (χ1n) is 11.1. The number of aromatic nitrogens is 2. The minimum Gasteiger partial charge on any atom is -0.287 e. The van der Waals surface area contributed by atoms with Crippen LogP contribution in [0.25, 0.3) is 21.5 Å². The van der Waals surface area contributed by atoms with E-state index in [0.29, 0.717) is 18.7 Å². The van der Waals surface area contributed by atoms with Crippen LogP contribution in [0.3, 0.4) is 0 Å². The smallest absolute Gasteiger partial charge is 0.287 e. The van der Waals surface area contributed by atoms with Crippen LogP contribution in [0.15, 0.2) is 83.7 Å². The predicted octanol–water partition coefficient (Wildman–Crippen LogP) is 6.20. The van der Waals surface area contributed by atoms with Gasteiger partial charge in [-0.3, -0.25) is 9.13 Å². The van der Waals surface area contributed by atoms with Gasteiger partial charge in [-0.15, -0.1) is 11.3 Å². The summed E-state index contributed by atoms with van der Waals surface area (Å²) >= 11 is 1.64. The quantitative estimate of drug-likeness (QED) is 0.298. The zero-order chi connectivity index (χ0) is 23.7. The van der Waals surface area contributed by atoms with E-state index in [1.807, 2.05) is 53.1 Å². The molecule has 6 heteroatoms. The molecule has 5 aromatic rings. The largest absolute Gasteiger partial charge is 0.330 e. The number of hydrogen-bond donors (Lipinski definition) is 0. The van der Waals surface area contributed by atoms with Gasteiger partial charge in [0.2, 0.25) is 0 Å². The normalized spacial score (nSPS) is 11.1. The summed E-state index contributed by atoms with van der Waals surface area (Å²) in [4.78, 5) is 15.6. The van der Waals surface area contributed by atoms with Gasteiger partial charge in [-0.05, 0) is 52.9 Å². The van der Waals surface area contributed by atoms with Crippen LogP contribution in [0.2, 0.25) is 0 Å². The summed E-state index contributed by atoms with van der Waals surface area (Å²) in [6, 6.07) is 26.1. The first kappa shape index (κ1) is 21.9. The maximum absolute atomic E-state index is 13.4. The fourth-order valence-electron chi connectivity index (χ4n) is 4.19. The molecule has 0 spiro atoms. The molecule has 0 atom stereocenters. The number of fused-ring (bicyclic) bond motifs is 1. The Morgan fingerprint density at radius 1 is 0.912 bits per heavy atom. The molecule has 0 bridgehead atoms. The SMILES string of the molecule is CCc1cc2c(s1)n(Cc1ccc(-c3ccccc3C#N)cc1)c(=O)n2Cc1ccc(F)cc1. The van der Waals surface area contributed by atoms with Gasteiger partial charge >= 0.3 is 5.69 Å². The fraction of sp³-hybridized carbons (Fsp3) is 0.143. The van der Waals surface area contributed by atoms with Gasteiger partial charge in [0.05, 0.1) is 30.2 Å². The summed E-state index contributed by atoms with van der Waals surface area (Å²) in [5.41, 5.74) is 5.23. The molecule has 0 N–H and O–H groups in total. The standard InChI is InChI=1S/C28H22FN3OS/c1-2-24-15-26-27(34-24)32(28(33)31(26)17-20-9-13-23(29)14-10-20)18-19-7-11-21(12-8-19)25-6-4-3-5-22(25)16-30/h3-15H,2,17-18H2,1H3. The van der Waals surface area contributed by atoms with Crippen molar-refractivity contribution in [3.05, 3.63) is 117 Å². The number of halogens is 1. The molecule has 0 aliphatic rings. The van der Waals surface area contributed by atoms with Crippen molar-refractivity contribution in [2.75, 3.05) is 0 Å². The van der Waals surface area contributed by atoms with E-state index in [4.69, 9.17) is 0 Å². The second-order valence-corrected chi connectivity index (χ2v) is 9.31. The first-order valence-corrected chi connectivity index (χ1v) is 11.9. The summed E-state index contributed by atoms with van der Waals surface area (Å²) in [7, 11) is 0. The Morgan fingerprint density at radius 2 is 1.56 bits per heavy atom. The van der Waals surface area contributed by atoms with Gasteiger partial charge in [0.1, 0.15) is 10.6 Å². The van der Waals surface area contributed by atoms with Crippen molar-refractivity contribution in [1.82, 2.24) is 9.13 Å². The predicted molar refractivity (Wildman–Crippen MR) is 135 cm³/mol. The Morgan fingerprint density at radius 3 is 2.24 bits per heavy atom. The zero-order valence-electron chi connectivity index (χ0n) is 18.7. The molecule has 0 amide bonds. The van der Waals surface area contributed by atoms with Gasteiger partial charge in [0.15, 0.2) is 0 Å². The van der Waals surface area contributed by atoms with E-state index in [9.17, 15) is 14.4 Å². The molecule has 3 aromatic carbocycles. The summed E-state index contributed by atoms with van der Waals surface area (Å²) in [5.74, 6) is -0.288. The molecule has 0 unspecified atom stereocenters. The number of nitrogens with zero attached hydrogens (tertiary/aromatic N) is 3. The second-order valence-electron chi connectivity index (χ2n) is 8.19. The molecule has 2 aromatic heterocycles. The third-order valence-corrected chi connectivity index (χ3v) is 7.29. The van der Waals surface area contributed by atoms with Crippen LogP contribution in [0.5, 0.6) is 0 Å². The van der Waals surface area contributed by atoms with Crippen molar-refractivity contribution in [2.45, 2.75) is 26.4 Å². The van der Waals surface area contributed by atoms with Crippen LogP contribution >= 0.6 is 11.3 Å². The lowest BCUT2D eigenvalue weighted by Gasteiger charge is -2.07. The number of benzene rings is 3. The van der Waals surface area contributed by atoms with Crippen LogP contribution in [-0.4, -0.2) is 9.13 Å². The Hall–Kier alpha value is -3.95. The molecule has 0 aliphatic heterocycles. The minimum absolute atomic E-state index is 0.0767. The summed E-state index contributed by atoms with van der Waals surface area (Å²) in [6.45, 7) is 2.96. The lowest BCUT2D eigenvalue weighted by Crippen LogP contribution is -2.25. The second kappa shape index (κ2) is 9.12. The molecule has 0 saturated carbocycles. The summed E-state index contributed by atoms with van der Waals surface area (Å²) < 4.78 is 16.9. The summed E-state index contributed by atoms with van der Waals surface area (Å²) in [6.07, 6.45) is 0.900. The molecule has 0 fully saturated rings. The number of nitriles is 1. The minimum atomic E-state index is -0.288. The molecular weight excluding hydrogens is 445 g/mol. The average Bonchev–Trinajstić information content (AvgIpc) is 3.39. The van der Waals surface area contributed by atoms with E-state index in [2.05, 4.69) is 19.1 Å². The van der Waals surface area contributed by atoms with E-state index in [0.717, 1.165) is 39.0 Å². The number of thiophene rings is 1. The van der Waals surface area contributed by atoms with E-state index in [1.165, 1.54) is 17.0 Å². The van der Waals surface area contributed by atoms with E-state index < -0.39 is 0 Å². The first-order chi connectivity index (χ1) is 16.6. The fourth-order valence-corrected chi connectivity index (χ4v) is 5.28. The van der Waals surface area contributed by atoms with E-state index in [-0.39, 0.29) is 11.5 Å². The molecular formula is C28H22FN3OS. The van der Waals surface area contributed by atoms with Gasteiger partial charge in [-0.1, -0.05) is 61.5 Å². The Labute approximate surface area is 200 Å². The average molecular weight is 468 g/mol. The maximum Gasteiger partial charge on any atom is 0.330 e. The molecule has 34 heavy (non-hydrogen) atoms. The number of aryl methyl sites for hydroxylation is 1. The van der Waals surface area contributed by atoms with Crippen molar-refractivity contribution in [1.29, 1.82) is 5.26 Å². The van der Waals surface area contributed by atoms with Gasteiger partial charge in [0, 0.05) is 4.88 Å². The molecule has 5 rings (SSSR count). The third-order valence-electron chi connectivity index (χ3n) is 6.00. The van der Waals surface area contributed by atoms with Gasteiger partial charge in [-0.25, -0.2) is 9.18 Å². The molecule has 0 aliphatic carbocycles. The summed E-state index contributed by atoms with van der Waals surface area (Å²) in [5, 5.41) is 9.40. The van der Waals surface area contributed by atoms with Crippen molar-refractivity contribution in [3.63, 3.8) is 0 Å². The van der Waals surface area contributed by atoms with Crippen LogP contribution in [0.1, 0.15) is 28.5 Å². The Kier molecular flexibility index (Phi) is 5.87. The van der Waals surface area contributed by atoms with Crippen molar-refractivity contribution < 1.29 is 4.39 Å². The van der Waals surface area contributed by atoms with Crippen LogP contribution < -0.4 is 5.69 Å². The Bertz CT molecular complexity index is 1570. The lowest BCUT2D eigenvalue weighted by molar-refractivity contribution is 0.626. The molecule has 168 valence electrons. The number of imidazole rings is 1. The molecule has 0 saturated heterocycles. The monoisotopic (exact) mass is 467 g/mol. The van der Waals surface area contributed by atoms with E-state index in [1.54, 1.807) is 28.0 Å². The highest BCUT2D eigenvalue weighted by atomic mass is 32.1. The van der Waals surface area contributed by atoms with Crippen LogP contribution in [0, 0.1) is 17.1 Å². The number of rotatable bonds is 6. The van der Waals surface area contributed by atoms with Crippen LogP contribution in [0.4, 0.5) is 4.39 Å². The van der Waals surface area contributed by atoms with Gasteiger partial charge in [0.25, 0.3) is 0 Å². The molecule has 0 radical (unpaired) electrons. The topological polar surface area (TPSA) is 50.7 Å². The maximum atomic E-state index is 13.4. The van der Waals surface area contributed by atoms with Crippen molar-refractivity contribution in [3.8, 4) is 17.2 Å². The lowest BCUT2D eigenvalue weighted by atomic mass is 9.99.